The van der Waals surface area contributed by atoms with Crippen LogP contribution in [-0.4, -0.2) is 10.9 Å². The van der Waals surface area contributed by atoms with Gasteiger partial charge in [-0.3, -0.25) is 9.78 Å². The van der Waals surface area contributed by atoms with E-state index >= 15 is 0 Å². The summed E-state index contributed by atoms with van der Waals surface area (Å²) in [6.45, 7) is 0. The Morgan fingerprint density at radius 2 is 2.00 bits per heavy atom. The molecule has 0 aliphatic rings. The average molecular weight is 361 g/mol. The number of pyridine rings is 1. The fourth-order valence-corrected chi connectivity index (χ4v) is 4.08. The number of nitrogens with zero attached hydrogens (tertiary/aromatic N) is 1. The second-order valence-electron chi connectivity index (χ2n) is 4.73. The summed E-state index contributed by atoms with van der Waals surface area (Å²) in [5.41, 5.74) is 1.91. The lowest BCUT2D eigenvalue weighted by molar-refractivity contribution is 0.103. The van der Waals surface area contributed by atoms with Crippen LogP contribution < -0.4 is 5.32 Å². The normalized spacial score (nSPS) is 10.5. The Morgan fingerprint density at radius 3 is 2.78 bits per heavy atom. The Morgan fingerprint density at radius 1 is 1.17 bits per heavy atom. The number of carbonyl (C=O) groups excluding carboxylic acids is 1. The lowest BCUT2D eigenvalue weighted by Gasteiger charge is -2.03. The van der Waals surface area contributed by atoms with Gasteiger partial charge >= 0.3 is 0 Å². The summed E-state index contributed by atoms with van der Waals surface area (Å²) in [7, 11) is 0. The summed E-state index contributed by atoms with van der Waals surface area (Å²) in [5, 5.41) is 3.46. The summed E-state index contributed by atoms with van der Waals surface area (Å²) >= 11 is 9.12. The van der Waals surface area contributed by atoms with E-state index in [9.17, 15) is 4.79 Å². The number of carbonyl (C=O) groups is 1. The molecule has 0 aliphatic heterocycles. The highest BCUT2D eigenvalue weighted by Crippen LogP contribution is 2.30. The molecule has 0 unspecified atom stereocenters. The third kappa shape index (κ3) is 4.58. The van der Waals surface area contributed by atoms with Gasteiger partial charge in [-0.25, -0.2) is 0 Å². The molecule has 3 rings (SSSR count). The van der Waals surface area contributed by atoms with Gasteiger partial charge in [0.1, 0.15) is 0 Å². The van der Waals surface area contributed by atoms with E-state index in [-0.39, 0.29) is 5.91 Å². The van der Waals surface area contributed by atoms with Crippen molar-refractivity contribution in [2.45, 2.75) is 9.96 Å². The van der Waals surface area contributed by atoms with Crippen LogP contribution in [0.15, 0.2) is 65.1 Å². The average Bonchev–Trinajstić information content (AvgIpc) is 3.03. The maximum Gasteiger partial charge on any atom is 0.265 e. The minimum atomic E-state index is -0.118. The molecular formula is C17H13ClN2OS2. The third-order valence-electron chi connectivity index (χ3n) is 3.02. The number of rotatable bonds is 5. The van der Waals surface area contributed by atoms with Crippen LogP contribution in [0.5, 0.6) is 0 Å². The van der Waals surface area contributed by atoms with Crippen LogP contribution in [0.25, 0.3) is 0 Å². The van der Waals surface area contributed by atoms with Crippen molar-refractivity contribution in [1.29, 1.82) is 0 Å². The summed E-state index contributed by atoms with van der Waals surface area (Å²) < 4.78 is 1.11. The van der Waals surface area contributed by atoms with E-state index in [4.69, 9.17) is 11.6 Å². The van der Waals surface area contributed by atoms with Crippen molar-refractivity contribution in [2.24, 2.45) is 0 Å². The first-order chi connectivity index (χ1) is 11.2. The van der Waals surface area contributed by atoms with Crippen LogP contribution in [0, 0.1) is 0 Å². The summed E-state index contributed by atoms with van der Waals surface area (Å²) in [4.78, 5) is 16.9. The number of thioether (sulfide) groups is 1. The van der Waals surface area contributed by atoms with Gasteiger partial charge in [0.15, 0.2) is 0 Å². The Balaban J connectivity index is 1.61. The summed E-state index contributed by atoms with van der Waals surface area (Å²) in [6, 6.07) is 14.9. The van der Waals surface area contributed by atoms with Gasteiger partial charge < -0.3 is 5.32 Å². The van der Waals surface area contributed by atoms with E-state index < -0.39 is 0 Å². The zero-order valence-corrected chi connectivity index (χ0v) is 14.4. The number of hydrogen-bond donors (Lipinski definition) is 1. The highest BCUT2D eigenvalue weighted by Gasteiger charge is 2.10. The van der Waals surface area contributed by atoms with E-state index in [1.54, 1.807) is 36.3 Å². The lowest BCUT2D eigenvalue weighted by atomic mass is 10.3. The van der Waals surface area contributed by atoms with Crippen molar-refractivity contribution in [3.8, 4) is 0 Å². The smallest absolute Gasteiger partial charge is 0.265 e. The number of thiophene rings is 1. The van der Waals surface area contributed by atoms with E-state index in [1.807, 2.05) is 36.4 Å². The molecule has 0 aliphatic carbocycles. The van der Waals surface area contributed by atoms with Gasteiger partial charge in [-0.1, -0.05) is 17.7 Å². The molecule has 1 N–H and O–H groups in total. The third-order valence-corrected chi connectivity index (χ3v) is 5.63. The predicted octanol–water partition coefficient (Wildman–Crippen LogP) is 5.34. The molecule has 23 heavy (non-hydrogen) atoms. The summed E-state index contributed by atoms with van der Waals surface area (Å²) in [6.07, 6.45) is 3.57. The Labute approximate surface area is 147 Å². The SMILES string of the molecule is O=C(Nc1cccc(Cl)c1)c1ccc(SCc2ccncc2)s1. The monoisotopic (exact) mass is 360 g/mol. The van der Waals surface area contributed by atoms with E-state index in [2.05, 4.69) is 10.3 Å². The van der Waals surface area contributed by atoms with Gasteiger partial charge in [-0.2, -0.15) is 0 Å². The Bertz CT molecular complexity index is 805. The molecule has 2 aromatic heterocycles. The molecule has 6 heteroatoms. The van der Waals surface area contributed by atoms with E-state index in [0.717, 1.165) is 9.96 Å². The number of nitrogens with one attached hydrogen (secondary N) is 1. The zero-order chi connectivity index (χ0) is 16.1. The zero-order valence-electron chi connectivity index (χ0n) is 12.0. The van der Waals surface area contributed by atoms with Crippen molar-refractivity contribution < 1.29 is 4.79 Å². The number of benzene rings is 1. The van der Waals surface area contributed by atoms with Crippen LogP contribution in [-0.2, 0) is 5.75 Å². The molecule has 1 aromatic carbocycles. The van der Waals surface area contributed by atoms with Gasteiger partial charge in [-0.05, 0) is 48.0 Å². The maximum absolute atomic E-state index is 12.3. The minimum Gasteiger partial charge on any atom is -0.321 e. The van der Waals surface area contributed by atoms with Crippen molar-refractivity contribution in [1.82, 2.24) is 4.98 Å². The molecule has 0 atom stereocenters. The standard InChI is InChI=1S/C17H13ClN2OS2/c18-13-2-1-3-14(10-13)20-17(21)15-4-5-16(23-15)22-11-12-6-8-19-9-7-12/h1-10H,11H2,(H,20,21). The highest BCUT2D eigenvalue weighted by atomic mass is 35.5. The second kappa shape index (κ2) is 7.64. The van der Waals surface area contributed by atoms with Gasteiger partial charge in [0, 0.05) is 28.9 Å². The molecule has 1 amide bonds. The Kier molecular flexibility index (Phi) is 5.33. The van der Waals surface area contributed by atoms with Gasteiger partial charge in [0.25, 0.3) is 5.91 Å². The largest absolute Gasteiger partial charge is 0.321 e. The number of halogens is 1. The first-order valence-electron chi connectivity index (χ1n) is 6.89. The van der Waals surface area contributed by atoms with Gasteiger partial charge in [0.05, 0.1) is 9.09 Å². The first-order valence-corrected chi connectivity index (χ1v) is 9.07. The van der Waals surface area contributed by atoms with Crippen LogP contribution in [0.4, 0.5) is 5.69 Å². The predicted molar refractivity (Wildman–Crippen MR) is 97.5 cm³/mol. The number of hydrogen-bond acceptors (Lipinski definition) is 4. The fourth-order valence-electron chi connectivity index (χ4n) is 1.91. The first kappa shape index (κ1) is 16.1. The molecule has 3 aromatic rings. The topological polar surface area (TPSA) is 42.0 Å². The van der Waals surface area contributed by atoms with Crippen molar-refractivity contribution in [2.75, 3.05) is 5.32 Å². The number of aromatic nitrogens is 1. The lowest BCUT2D eigenvalue weighted by Crippen LogP contribution is -2.09. The van der Waals surface area contributed by atoms with Crippen molar-refractivity contribution >= 4 is 46.3 Å². The van der Waals surface area contributed by atoms with Crippen LogP contribution in [0.1, 0.15) is 15.2 Å². The highest BCUT2D eigenvalue weighted by molar-refractivity contribution is 8.00. The summed E-state index contributed by atoms with van der Waals surface area (Å²) in [5.74, 6) is 0.742. The van der Waals surface area contributed by atoms with Crippen LogP contribution >= 0.6 is 34.7 Å². The molecule has 116 valence electrons. The molecular weight excluding hydrogens is 348 g/mol. The maximum atomic E-state index is 12.3. The number of amides is 1. The molecule has 3 nitrogen and oxygen atoms in total. The van der Waals surface area contributed by atoms with Gasteiger partial charge in [0.2, 0.25) is 0 Å². The molecule has 2 heterocycles. The fraction of sp³-hybridized carbons (Fsp3) is 0.0588. The van der Waals surface area contributed by atoms with E-state index in [0.29, 0.717) is 15.6 Å². The second-order valence-corrected chi connectivity index (χ2v) is 7.52. The molecule has 0 spiro atoms. The minimum absolute atomic E-state index is 0.118. The quantitative estimate of drug-likeness (QED) is 0.624. The van der Waals surface area contributed by atoms with Crippen molar-refractivity contribution in [3.63, 3.8) is 0 Å². The molecule has 0 saturated carbocycles. The van der Waals surface area contributed by atoms with Crippen LogP contribution in [0.2, 0.25) is 5.02 Å². The molecule has 0 fully saturated rings. The number of anilines is 1. The molecule has 0 saturated heterocycles. The van der Waals surface area contributed by atoms with Crippen LogP contribution in [0.3, 0.4) is 0 Å². The molecule has 0 bridgehead atoms. The van der Waals surface area contributed by atoms with Crippen molar-refractivity contribution in [3.05, 3.63) is 76.4 Å². The van der Waals surface area contributed by atoms with E-state index in [1.165, 1.54) is 16.9 Å². The Hall–Kier alpha value is -1.82. The molecule has 0 radical (unpaired) electrons. The van der Waals surface area contributed by atoms with Gasteiger partial charge in [-0.15, -0.1) is 23.1 Å².